The zero-order valence-corrected chi connectivity index (χ0v) is 39.7. The fraction of sp³-hybridized carbons (Fsp3) is 0. The van der Waals surface area contributed by atoms with E-state index in [0.717, 1.165) is 33.1 Å². The summed E-state index contributed by atoms with van der Waals surface area (Å²) in [6.07, 6.45) is 0. The molecule has 73 heavy (non-hydrogen) atoms. The molecule has 0 unspecified atom stereocenters. The second-order valence-electron chi connectivity index (χ2n) is 19.9. The molecule has 0 aliphatic carbocycles. The molecule has 15 aromatic carbocycles. The van der Waals surface area contributed by atoms with Crippen LogP contribution in [0, 0.1) is 0 Å². The Bertz CT molecular complexity index is 4880. The number of hydrogen-bond donors (Lipinski definition) is 0. The molecular weight excluding hydrogens is 881 g/mol. The number of furan rings is 1. The molecule has 0 N–H and O–H groups in total. The maximum Gasteiger partial charge on any atom is 0.143 e. The number of para-hydroxylation sites is 1. The van der Waals surface area contributed by atoms with Crippen molar-refractivity contribution in [3.05, 3.63) is 255 Å². The van der Waals surface area contributed by atoms with Crippen LogP contribution in [0.15, 0.2) is 259 Å². The summed E-state index contributed by atoms with van der Waals surface area (Å²) < 4.78 is 6.87. The third-order valence-corrected chi connectivity index (χ3v) is 16.0. The highest BCUT2D eigenvalue weighted by atomic mass is 16.3. The standard InChI is InChI=1S/C72H42O/c1-3-11-43(12-4-1)55-30-21-45-27-37-62-57(32-23-47-25-35-60(55)67(45)69(47)62)51-16-9-15-49(39-51)50-29-34-59-54(40-50)42-65(72-71(59)64-19-7-8-20-66(64)73-72)53-18-10-17-52(41-53)58-33-24-48-26-36-61-56(44-13-5-2-6-14-44)31-22-46-28-38-63(58)70(48)68(46)61/h1-42H. The van der Waals surface area contributed by atoms with E-state index in [9.17, 15) is 0 Å². The van der Waals surface area contributed by atoms with Gasteiger partial charge in [-0.15, -0.1) is 0 Å². The lowest BCUT2D eigenvalue weighted by molar-refractivity contribution is 0.670. The number of hydrogen-bond acceptors (Lipinski definition) is 1. The second-order valence-corrected chi connectivity index (χ2v) is 19.9. The van der Waals surface area contributed by atoms with Gasteiger partial charge in [0.25, 0.3) is 0 Å². The van der Waals surface area contributed by atoms with Crippen molar-refractivity contribution in [1.29, 1.82) is 0 Å². The first-order valence-electron chi connectivity index (χ1n) is 25.3. The Morgan fingerprint density at radius 1 is 0.192 bits per heavy atom. The fourth-order valence-corrected chi connectivity index (χ4v) is 12.6. The van der Waals surface area contributed by atoms with Gasteiger partial charge in [0.05, 0.1) is 0 Å². The molecule has 1 nitrogen and oxygen atoms in total. The molecule has 0 amide bonds. The predicted octanol–water partition coefficient (Wildman–Crippen LogP) is 20.5. The van der Waals surface area contributed by atoms with Crippen LogP contribution in [0.2, 0.25) is 0 Å². The van der Waals surface area contributed by atoms with Crippen LogP contribution in [0.5, 0.6) is 0 Å². The Labute approximate surface area is 421 Å². The van der Waals surface area contributed by atoms with Crippen LogP contribution in [-0.2, 0) is 0 Å². The molecule has 0 spiro atoms. The van der Waals surface area contributed by atoms with Gasteiger partial charge in [0.1, 0.15) is 11.2 Å². The molecule has 0 fully saturated rings. The van der Waals surface area contributed by atoms with Gasteiger partial charge in [-0.3, -0.25) is 0 Å². The van der Waals surface area contributed by atoms with E-state index < -0.39 is 0 Å². The Morgan fingerprint density at radius 2 is 0.575 bits per heavy atom. The van der Waals surface area contributed by atoms with E-state index in [1.54, 1.807) is 0 Å². The van der Waals surface area contributed by atoms with Crippen molar-refractivity contribution in [2.75, 3.05) is 0 Å². The van der Waals surface area contributed by atoms with Crippen molar-refractivity contribution >= 4 is 97.3 Å². The van der Waals surface area contributed by atoms with Crippen LogP contribution in [0.4, 0.5) is 0 Å². The number of benzene rings is 15. The van der Waals surface area contributed by atoms with E-state index in [0.29, 0.717) is 0 Å². The van der Waals surface area contributed by atoms with Crippen LogP contribution in [-0.4, -0.2) is 0 Å². The predicted molar refractivity (Wildman–Crippen MR) is 311 cm³/mol. The van der Waals surface area contributed by atoms with Gasteiger partial charge in [-0.25, -0.2) is 0 Å². The highest BCUT2D eigenvalue weighted by Gasteiger charge is 2.20. The lowest BCUT2D eigenvalue weighted by atomic mass is 9.86. The summed E-state index contributed by atoms with van der Waals surface area (Å²) in [5.41, 5.74) is 16.2. The molecule has 1 heterocycles. The first-order chi connectivity index (χ1) is 36.2. The van der Waals surface area contributed by atoms with Gasteiger partial charge >= 0.3 is 0 Å². The Kier molecular flexibility index (Phi) is 8.52. The summed E-state index contributed by atoms with van der Waals surface area (Å²) >= 11 is 0. The molecule has 0 radical (unpaired) electrons. The van der Waals surface area contributed by atoms with Crippen LogP contribution in [0.25, 0.3) is 164 Å². The first kappa shape index (κ1) is 40.2. The van der Waals surface area contributed by atoms with Crippen molar-refractivity contribution in [3.63, 3.8) is 0 Å². The van der Waals surface area contributed by atoms with E-state index in [1.807, 2.05) is 0 Å². The molecule has 16 aromatic rings. The van der Waals surface area contributed by atoms with Crippen molar-refractivity contribution in [2.45, 2.75) is 0 Å². The van der Waals surface area contributed by atoms with Gasteiger partial charge < -0.3 is 4.42 Å². The molecular formula is C72H42O. The minimum absolute atomic E-state index is 0.894. The third kappa shape index (κ3) is 6.03. The Balaban J connectivity index is 0.837. The minimum Gasteiger partial charge on any atom is -0.455 e. The fourth-order valence-electron chi connectivity index (χ4n) is 12.6. The topological polar surface area (TPSA) is 13.1 Å². The highest BCUT2D eigenvalue weighted by molar-refractivity contribution is 6.29. The average molecular weight is 923 g/mol. The van der Waals surface area contributed by atoms with Crippen LogP contribution < -0.4 is 0 Å². The summed E-state index contributed by atoms with van der Waals surface area (Å²) in [5, 5.41) is 20.1. The van der Waals surface area contributed by atoms with Gasteiger partial charge in [0.2, 0.25) is 0 Å². The molecule has 0 bridgehead atoms. The smallest absolute Gasteiger partial charge is 0.143 e. The molecule has 0 atom stereocenters. The molecule has 0 saturated heterocycles. The molecule has 1 aromatic heterocycles. The molecule has 0 saturated carbocycles. The maximum absolute atomic E-state index is 6.87. The highest BCUT2D eigenvalue weighted by Crippen LogP contribution is 2.47. The Hall–Kier alpha value is -9.56. The molecule has 0 aliphatic heterocycles. The zero-order chi connectivity index (χ0) is 47.7. The minimum atomic E-state index is 0.894. The summed E-state index contributed by atoms with van der Waals surface area (Å²) in [6, 6.07) is 94.3. The van der Waals surface area contributed by atoms with Gasteiger partial charge in [-0.05, 0) is 167 Å². The Morgan fingerprint density at radius 3 is 1.10 bits per heavy atom. The molecule has 336 valence electrons. The van der Waals surface area contributed by atoms with E-state index >= 15 is 0 Å². The lowest BCUT2D eigenvalue weighted by Gasteiger charge is -2.17. The van der Waals surface area contributed by atoms with Crippen LogP contribution in [0.1, 0.15) is 0 Å². The van der Waals surface area contributed by atoms with Crippen molar-refractivity contribution < 1.29 is 4.42 Å². The normalized spacial score (nSPS) is 12.1. The van der Waals surface area contributed by atoms with Crippen LogP contribution >= 0.6 is 0 Å². The second kappa shape index (κ2) is 15.5. The summed E-state index contributed by atoms with van der Waals surface area (Å²) in [6.45, 7) is 0. The van der Waals surface area contributed by atoms with E-state index in [4.69, 9.17) is 4.42 Å². The summed E-state index contributed by atoms with van der Waals surface area (Å²) in [5.74, 6) is 0. The van der Waals surface area contributed by atoms with Gasteiger partial charge in [-0.2, -0.15) is 0 Å². The SMILES string of the molecule is c1ccc(-c2ccc3ccc4c(-c5cccc(-c6ccc7c(c6)cc(-c6cccc(-c8ccc9ccc%10c(-c%11ccccc%11)ccc%11ccc8c9c%11%10)c6)c6oc8ccccc8c67)c5)ccc5ccc2c3c54)cc1. The van der Waals surface area contributed by atoms with Crippen molar-refractivity contribution in [2.24, 2.45) is 0 Å². The van der Waals surface area contributed by atoms with Gasteiger partial charge in [-0.1, -0.05) is 224 Å². The molecule has 1 heteroatoms. The average Bonchev–Trinajstić information content (AvgIpc) is 3.86. The van der Waals surface area contributed by atoms with E-state index in [2.05, 4.69) is 255 Å². The summed E-state index contributed by atoms with van der Waals surface area (Å²) in [4.78, 5) is 0. The molecule has 0 aliphatic rings. The van der Waals surface area contributed by atoms with Gasteiger partial charge in [0, 0.05) is 16.3 Å². The lowest BCUT2D eigenvalue weighted by Crippen LogP contribution is -1.90. The van der Waals surface area contributed by atoms with E-state index in [1.165, 1.54) is 131 Å². The quantitative estimate of drug-likeness (QED) is 0.152. The number of fused-ring (bicyclic) bond motifs is 5. The van der Waals surface area contributed by atoms with Crippen LogP contribution in [0.3, 0.4) is 0 Å². The first-order valence-corrected chi connectivity index (χ1v) is 25.3. The summed E-state index contributed by atoms with van der Waals surface area (Å²) in [7, 11) is 0. The molecule has 16 rings (SSSR count). The zero-order valence-electron chi connectivity index (χ0n) is 39.7. The van der Waals surface area contributed by atoms with E-state index in [-0.39, 0.29) is 0 Å². The number of rotatable bonds is 6. The largest absolute Gasteiger partial charge is 0.455 e. The maximum atomic E-state index is 6.87. The van der Waals surface area contributed by atoms with Crippen molar-refractivity contribution in [1.82, 2.24) is 0 Å². The third-order valence-electron chi connectivity index (χ3n) is 16.0. The monoisotopic (exact) mass is 922 g/mol. The van der Waals surface area contributed by atoms with Crippen molar-refractivity contribution in [3.8, 4) is 66.8 Å². The van der Waals surface area contributed by atoms with Gasteiger partial charge in [0.15, 0.2) is 0 Å².